The first-order valence-electron chi connectivity index (χ1n) is 6.76. The molecule has 0 spiro atoms. The Kier molecular flexibility index (Phi) is 4.62. The summed E-state index contributed by atoms with van der Waals surface area (Å²) in [5, 5.41) is 11.3. The molecule has 2 aromatic carbocycles. The van der Waals surface area contributed by atoms with Gasteiger partial charge < -0.3 is 9.84 Å². The van der Waals surface area contributed by atoms with E-state index in [0.717, 1.165) is 10.8 Å². The summed E-state index contributed by atoms with van der Waals surface area (Å²) in [6.45, 7) is 1.04. The zero-order valence-electron chi connectivity index (χ0n) is 12.1. The number of benzene rings is 2. The number of aliphatic hydroxyl groups is 1. The van der Waals surface area contributed by atoms with E-state index < -0.39 is 17.7 Å². The Morgan fingerprint density at radius 2 is 1.83 bits per heavy atom. The van der Waals surface area contributed by atoms with E-state index >= 15 is 0 Å². The Bertz CT molecular complexity index is 787. The van der Waals surface area contributed by atoms with Gasteiger partial charge in [0.1, 0.15) is 0 Å². The number of halogens is 3. The highest BCUT2D eigenvalue weighted by molar-refractivity contribution is 5.86. The predicted molar refractivity (Wildman–Crippen MR) is 78.5 cm³/mol. The van der Waals surface area contributed by atoms with Crippen molar-refractivity contribution < 1.29 is 27.8 Å². The Morgan fingerprint density at radius 3 is 2.43 bits per heavy atom. The Labute approximate surface area is 130 Å². The highest BCUT2D eigenvalue weighted by Crippen LogP contribution is 2.31. The van der Waals surface area contributed by atoms with Crippen molar-refractivity contribution in [3.8, 4) is 11.8 Å². The molecule has 2 aromatic rings. The third-order valence-corrected chi connectivity index (χ3v) is 3.12. The zero-order chi connectivity index (χ0) is 17.1. The Morgan fingerprint density at radius 1 is 1.17 bits per heavy atom. The number of rotatable bonds is 2. The van der Waals surface area contributed by atoms with Gasteiger partial charge in [-0.1, -0.05) is 36.3 Å². The minimum atomic E-state index is -5.26. The molecule has 0 aliphatic rings. The summed E-state index contributed by atoms with van der Waals surface area (Å²) >= 11 is 0. The molecule has 6 heteroatoms. The third-order valence-electron chi connectivity index (χ3n) is 3.12. The van der Waals surface area contributed by atoms with Crippen molar-refractivity contribution in [1.29, 1.82) is 0 Å². The van der Waals surface area contributed by atoms with E-state index in [1.807, 2.05) is 12.1 Å². The molecule has 1 atom stereocenters. The van der Waals surface area contributed by atoms with Gasteiger partial charge in [0.25, 0.3) is 0 Å². The van der Waals surface area contributed by atoms with Crippen molar-refractivity contribution in [2.75, 3.05) is 6.61 Å². The van der Waals surface area contributed by atoms with E-state index in [-0.39, 0.29) is 12.2 Å². The van der Waals surface area contributed by atoms with Crippen LogP contribution in [0.3, 0.4) is 0 Å². The van der Waals surface area contributed by atoms with E-state index in [2.05, 4.69) is 10.7 Å². The van der Waals surface area contributed by atoms with Crippen molar-refractivity contribution >= 4 is 16.7 Å². The van der Waals surface area contributed by atoms with Crippen molar-refractivity contribution in [3.63, 3.8) is 0 Å². The van der Waals surface area contributed by atoms with Crippen molar-refractivity contribution in [2.45, 2.75) is 18.7 Å². The second kappa shape index (κ2) is 6.31. The standard InChI is InChI=1S/C17H13F3O3/c1-2-23-15(21)16(22,17(18,19)20)10-9-12-7-8-13-5-3-4-6-14(13)11-12/h3-8,11,22H,2H2,1H3/t16-/m1/s1. The fourth-order valence-electron chi connectivity index (χ4n) is 1.90. The summed E-state index contributed by atoms with van der Waals surface area (Å²) in [6, 6.07) is 12.0. The molecule has 0 saturated heterocycles. The molecule has 0 bridgehead atoms. The van der Waals surface area contributed by atoms with Gasteiger partial charge >= 0.3 is 17.7 Å². The molecule has 0 aliphatic carbocycles. The average Bonchev–Trinajstić information content (AvgIpc) is 2.51. The van der Waals surface area contributed by atoms with E-state index in [4.69, 9.17) is 0 Å². The molecule has 0 heterocycles. The minimum Gasteiger partial charge on any atom is -0.463 e. The molecular formula is C17H13F3O3. The van der Waals surface area contributed by atoms with Crippen molar-refractivity contribution in [2.24, 2.45) is 0 Å². The molecule has 0 saturated carbocycles. The summed E-state index contributed by atoms with van der Waals surface area (Å²) < 4.78 is 43.2. The molecule has 2 rings (SSSR count). The van der Waals surface area contributed by atoms with Crippen LogP contribution in [0.15, 0.2) is 42.5 Å². The van der Waals surface area contributed by atoms with Crippen LogP contribution in [0.4, 0.5) is 13.2 Å². The fourth-order valence-corrected chi connectivity index (χ4v) is 1.90. The van der Waals surface area contributed by atoms with Gasteiger partial charge in [-0.25, -0.2) is 4.79 Å². The van der Waals surface area contributed by atoms with Gasteiger partial charge in [-0.05, 0) is 35.7 Å². The van der Waals surface area contributed by atoms with Crippen LogP contribution >= 0.6 is 0 Å². The van der Waals surface area contributed by atoms with E-state index in [1.54, 1.807) is 30.2 Å². The maximum absolute atomic E-state index is 13.0. The van der Waals surface area contributed by atoms with Crippen LogP contribution in [0.25, 0.3) is 10.8 Å². The first-order valence-corrected chi connectivity index (χ1v) is 6.76. The highest BCUT2D eigenvalue weighted by Gasteiger charge is 2.60. The van der Waals surface area contributed by atoms with Gasteiger partial charge in [0.15, 0.2) is 0 Å². The van der Waals surface area contributed by atoms with E-state index in [1.165, 1.54) is 13.0 Å². The summed E-state index contributed by atoms with van der Waals surface area (Å²) in [7, 11) is 0. The SMILES string of the molecule is CCOC(=O)[C@](O)(C#Cc1ccc2ccccc2c1)C(F)(F)F. The molecular weight excluding hydrogens is 309 g/mol. The van der Waals surface area contributed by atoms with Crippen LogP contribution in [-0.2, 0) is 9.53 Å². The fraction of sp³-hybridized carbons (Fsp3) is 0.235. The smallest absolute Gasteiger partial charge is 0.440 e. The largest absolute Gasteiger partial charge is 0.463 e. The maximum Gasteiger partial charge on any atom is 0.440 e. The molecule has 0 aromatic heterocycles. The molecule has 0 amide bonds. The number of esters is 1. The van der Waals surface area contributed by atoms with Gasteiger partial charge in [-0.15, -0.1) is 0 Å². The molecule has 3 nitrogen and oxygen atoms in total. The lowest BCUT2D eigenvalue weighted by atomic mass is 10.0. The second-order valence-corrected chi connectivity index (χ2v) is 4.74. The first kappa shape index (κ1) is 16.8. The van der Waals surface area contributed by atoms with Gasteiger partial charge in [-0.3, -0.25) is 0 Å². The summed E-state index contributed by atoms with van der Waals surface area (Å²) in [6.07, 6.45) is -5.26. The number of carbonyl (C=O) groups is 1. The molecule has 0 aliphatic heterocycles. The number of alkyl halides is 3. The molecule has 0 radical (unpaired) electrons. The minimum absolute atomic E-state index is 0.246. The van der Waals surface area contributed by atoms with Crippen LogP contribution in [0.1, 0.15) is 12.5 Å². The Balaban J connectivity index is 2.43. The lowest BCUT2D eigenvalue weighted by Crippen LogP contribution is -2.52. The summed E-state index contributed by atoms with van der Waals surface area (Å²) in [5.74, 6) is 1.98. The molecule has 0 fully saturated rings. The maximum atomic E-state index is 13.0. The van der Waals surface area contributed by atoms with Gasteiger partial charge in [-0.2, -0.15) is 13.2 Å². The monoisotopic (exact) mass is 322 g/mol. The van der Waals surface area contributed by atoms with Crippen LogP contribution in [0, 0.1) is 11.8 Å². The van der Waals surface area contributed by atoms with Crippen LogP contribution in [-0.4, -0.2) is 29.5 Å². The van der Waals surface area contributed by atoms with Crippen LogP contribution in [0.5, 0.6) is 0 Å². The number of carbonyl (C=O) groups excluding carboxylic acids is 1. The molecule has 23 heavy (non-hydrogen) atoms. The quantitative estimate of drug-likeness (QED) is 0.683. The highest BCUT2D eigenvalue weighted by atomic mass is 19.4. The molecule has 120 valence electrons. The summed E-state index contributed by atoms with van der Waals surface area (Å²) in [5.41, 5.74) is -3.61. The Hall–Kier alpha value is -2.52. The molecule has 0 unspecified atom stereocenters. The number of ether oxygens (including phenoxy) is 1. The predicted octanol–water partition coefficient (Wildman–Crippen LogP) is 3.05. The topological polar surface area (TPSA) is 46.5 Å². The van der Waals surface area contributed by atoms with E-state index in [9.17, 15) is 23.1 Å². The van der Waals surface area contributed by atoms with E-state index in [0.29, 0.717) is 0 Å². The first-order chi connectivity index (χ1) is 10.8. The second-order valence-electron chi connectivity index (χ2n) is 4.74. The third kappa shape index (κ3) is 3.46. The normalized spacial score (nSPS) is 13.8. The van der Waals surface area contributed by atoms with Crippen LogP contribution in [0.2, 0.25) is 0 Å². The van der Waals surface area contributed by atoms with Crippen molar-refractivity contribution in [3.05, 3.63) is 48.0 Å². The lowest BCUT2D eigenvalue weighted by Gasteiger charge is -2.22. The van der Waals surface area contributed by atoms with Gasteiger partial charge in [0, 0.05) is 5.56 Å². The van der Waals surface area contributed by atoms with Crippen LogP contribution < -0.4 is 0 Å². The lowest BCUT2D eigenvalue weighted by molar-refractivity contribution is -0.242. The number of hydrogen-bond donors (Lipinski definition) is 1. The van der Waals surface area contributed by atoms with Crippen molar-refractivity contribution in [1.82, 2.24) is 0 Å². The van der Waals surface area contributed by atoms with Gasteiger partial charge in [0.2, 0.25) is 0 Å². The molecule has 1 N–H and O–H groups in total. The zero-order valence-corrected chi connectivity index (χ0v) is 12.1. The number of hydrogen-bond acceptors (Lipinski definition) is 3. The summed E-state index contributed by atoms with van der Waals surface area (Å²) in [4.78, 5) is 11.5. The average molecular weight is 322 g/mol. The number of fused-ring (bicyclic) bond motifs is 1. The van der Waals surface area contributed by atoms with Gasteiger partial charge in [0.05, 0.1) is 6.61 Å².